The lowest BCUT2D eigenvalue weighted by Crippen LogP contribution is -2.36. The molecule has 21 heavy (non-hydrogen) atoms. The molecule has 0 unspecified atom stereocenters. The van der Waals surface area contributed by atoms with Crippen LogP contribution in [-0.2, 0) is 0 Å². The van der Waals surface area contributed by atoms with E-state index in [0.717, 1.165) is 18.8 Å². The summed E-state index contributed by atoms with van der Waals surface area (Å²) >= 11 is 6.26. The molecule has 1 fully saturated rings. The first-order chi connectivity index (χ1) is 9.93. The Morgan fingerprint density at radius 2 is 2.00 bits per heavy atom. The van der Waals surface area contributed by atoms with Crippen LogP contribution in [0.25, 0.3) is 0 Å². The number of rotatable bonds is 4. The van der Waals surface area contributed by atoms with Crippen LogP contribution in [0, 0.1) is 5.92 Å². The second-order valence-corrected chi connectivity index (χ2v) is 6.30. The van der Waals surface area contributed by atoms with Gasteiger partial charge in [-0.2, -0.15) is 0 Å². The van der Waals surface area contributed by atoms with Gasteiger partial charge in [-0.3, -0.25) is 0 Å². The number of hydrogen-bond acceptors (Lipinski definition) is 3. The summed E-state index contributed by atoms with van der Waals surface area (Å²) in [6, 6.07) is 3.45. The molecule has 1 aliphatic carbocycles. The summed E-state index contributed by atoms with van der Waals surface area (Å²) in [5.41, 5.74) is 6.86. The van der Waals surface area contributed by atoms with Gasteiger partial charge in [0.15, 0.2) is 0 Å². The maximum absolute atomic E-state index is 11.5. The zero-order valence-electron chi connectivity index (χ0n) is 12.6. The van der Waals surface area contributed by atoms with Gasteiger partial charge in [0.1, 0.15) is 0 Å². The summed E-state index contributed by atoms with van der Waals surface area (Å²) in [6.07, 6.45) is 5.77. The van der Waals surface area contributed by atoms with Crippen LogP contribution in [0.3, 0.4) is 0 Å². The van der Waals surface area contributed by atoms with Crippen molar-refractivity contribution < 1.29 is 9.90 Å². The fourth-order valence-electron chi connectivity index (χ4n) is 3.26. The molecule has 0 aromatic heterocycles. The summed E-state index contributed by atoms with van der Waals surface area (Å²) in [7, 11) is 1.93. The molecule has 2 rings (SSSR count). The van der Waals surface area contributed by atoms with E-state index in [-0.39, 0.29) is 5.56 Å². The van der Waals surface area contributed by atoms with Crippen molar-refractivity contribution >= 4 is 28.9 Å². The molecule has 0 aliphatic heterocycles. The van der Waals surface area contributed by atoms with Gasteiger partial charge in [0, 0.05) is 18.8 Å². The normalized spacial score (nSPS) is 22.0. The molecule has 0 radical (unpaired) electrons. The Kier molecular flexibility index (Phi) is 4.99. The maximum atomic E-state index is 11.5. The highest BCUT2D eigenvalue weighted by Crippen LogP contribution is 2.37. The zero-order chi connectivity index (χ0) is 15.6. The standard InChI is InChI=1S/C16H23ClN2O2/c1-3-10-4-6-12(7-5-10)19(2)15-13(16(20)21)8-11(18)9-14(15)17/h8-10,12H,3-7,18H2,1-2H3,(H,20,21). The highest BCUT2D eigenvalue weighted by Gasteiger charge is 2.27. The van der Waals surface area contributed by atoms with Gasteiger partial charge in [-0.1, -0.05) is 24.9 Å². The van der Waals surface area contributed by atoms with Crippen LogP contribution in [0.5, 0.6) is 0 Å². The van der Waals surface area contributed by atoms with Gasteiger partial charge >= 0.3 is 5.97 Å². The number of halogens is 1. The van der Waals surface area contributed by atoms with Crippen molar-refractivity contribution in [3.63, 3.8) is 0 Å². The van der Waals surface area contributed by atoms with Crippen molar-refractivity contribution in [1.29, 1.82) is 0 Å². The number of benzene rings is 1. The van der Waals surface area contributed by atoms with Crippen LogP contribution in [0.1, 0.15) is 49.4 Å². The van der Waals surface area contributed by atoms with Crippen molar-refractivity contribution in [2.45, 2.75) is 45.1 Å². The quantitative estimate of drug-likeness (QED) is 0.824. The SMILES string of the molecule is CCC1CCC(N(C)c2c(Cl)cc(N)cc2C(=O)O)CC1. The molecule has 4 nitrogen and oxygen atoms in total. The second-order valence-electron chi connectivity index (χ2n) is 5.90. The zero-order valence-corrected chi connectivity index (χ0v) is 13.4. The molecule has 1 aliphatic rings. The van der Waals surface area contributed by atoms with E-state index >= 15 is 0 Å². The number of nitrogens with zero attached hydrogens (tertiary/aromatic N) is 1. The first kappa shape index (κ1) is 16.0. The van der Waals surface area contributed by atoms with E-state index in [4.69, 9.17) is 17.3 Å². The third-order valence-electron chi connectivity index (χ3n) is 4.61. The van der Waals surface area contributed by atoms with E-state index in [1.807, 2.05) is 11.9 Å². The highest BCUT2D eigenvalue weighted by atomic mass is 35.5. The molecular formula is C16H23ClN2O2. The Bertz CT molecular complexity index is 525. The smallest absolute Gasteiger partial charge is 0.337 e. The topological polar surface area (TPSA) is 66.6 Å². The lowest BCUT2D eigenvalue weighted by atomic mass is 9.84. The average Bonchev–Trinajstić information content (AvgIpc) is 2.46. The summed E-state index contributed by atoms with van der Waals surface area (Å²) in [5.74, 6) is -0.191. The fraction of sp³-hybridized carbons (Fsp3) is 0.562. The van der Waals surface area contributed by atoms with Gasteiger partial charge in [-0.15, -0.1) is 0 Å². The van der Waals surface area contributed by atoms with Gasteiger partial charge in [0.05, 0.1) is 16.3 Å². The van der Waals surface area contributed by atoms with Gasteiger partial charge < -0.3 is 15.7 Å². The van der Waals surface area contributed by atoms with Gasteiger partial charge in [-0.25, -0.2) is 4.79 Å². The Hall–Kier alpha value is -1.42. The molecule has 1 aromatic carbocycles. The molecular weight excluding hydrogens is 288 g/mol. The minimum atomic E-state index is -0.992. The van der Waals surface area contributed by atoms with Gasteiger partial charge in [-0.05, 0) is 43.7 Å². The van der Waals surface area contributed by atoms with Crippen LogP contribution in [0.15, 0.2) is 12.1 Å². The Morgan fingerprint density at radius 1 is 1.38 bits per heavy atom. The van der Waals surface area contributed by atoms with Crippen LogP contribution < -0.4 is 10.6 Å². The molecule has 1 aromatic rings. The molecule has 0 amide bonds. The van der Waals surface area contributed by atoms with E-state index in [1.165, 1.54) is 25.3 Å². The van der Waals surface area contributed by atoms with Crippen LogP contribution in [0.2, 0.25) is 5.02 Å². The first-order valence-corrected chi connectivity index (χ1v) is 7.87. The average molecular weight is 311 g/mol. The monoisotopic (exact) mass is 310 g/mol. The number of carbonyl (C=O) groups is 1. The van der Waals surface area contributed by atoms with Crippen molar-refractivity contribution in [2.24, 2.45) is 5.92 Å². The number of nitrogens with two attached hydrogens (primary N) is 1. The van der Waals surface area contributed by atoms with Crippen molar-refractivity contribution in [2.75, 3.05) is 17.7 Å². The molecule has 116 valence electrons. The minimum absolute atomic E-state index is 0.181. The largest absolute Gasteiger partial charge is 0.478 e. The number of carboxylic acid groups (broad SMARTS) is 1. The molecule has 0 saturated heterocycles. The molecule has 3 N–H and O–H groups in total. The minimum Gasteiger partial charge on any atom is -0.478 e. The molecule has 0 spiro atoms. The summed E-state index contributed by atoms with van der Waals surface area (Å²) < 4.78 is 0. The van der Waals surface area contributed by atoms with Crippen molar-refractivity contribution in [3.05, 3.63) is 22.7 Å². The Labute approximate surface area is 130 Å². The Balaban J connectivity index is 2.27. The molecule has 1 saturated carbocycles. The van der Waals surface area contributed by atoms with Gasteiger partial charge in [0.25, 0.3) is 0 Å². The predicted molar refractivity (Wildman–Crippen MR) is 87.3 cm³/mol. The maximum Gasteiger partial charge on any atom is 0.337 e. The van der Waals surface area contributed by atoms with E-state index in [2.05, 4.69) is 6.92 Å². The third-order valence-corrected chi connectivity index (χ3v) is 4.90. The number of hydrogen-bond donors (Lipinski definition) is 2. The number of carboxylic acids is 1. The first-order valence-electron chi connectivity index (χ1n) is 7.49. The van der Waals surface area contributed by atoms with Crippen LogP contribution >= 0.6 is 11.6 Å². The second kappa shape index (κ2) is 6.56. The summed E-state index contributed by atoms with van der Waals surface area (Å²) in [4.78, 5) is 13.5. The molecule has 0 bridgehead atoms. The summed E-state index contributed by atoms with van der Waals surface area (Å²) in [6.45, 7) is 2.23. The van der Waals surface area contributed by atoms with Crippen LogP contribution in [-0.4, -0.2) is 24.2 Å². The number of aromatic carboxylic acids is 1. The lowest BCUT2D eigenvalue weighted by Gasteiger charge is -2.36. The predicted octanol–water partition coefficient (Wildman–Crippen LogP) is 4.03. The number of anilines is 2. The van der Waals surface area contributed by atoms with Crippen molar-refractivity contribution in [3.8, 4) is 0 Å². The number of nitrogen functional groups attached to an aromatic ring is 1. The molecule has 0 atom stereocenters. The van der Waals surface area contributed by atoms with Crippen LogP contribution in [0.4, 0.5) is 11.4 Å². The van der Waals surface area contributed by atoms with Crippen molar-refractivity contribution in [1.82, 2.24) is 0 Å². The third kappa shape index (κ3) is 3.43. The van der Waals surface area contributed by atoms with Gasteiger partial charge in [0.2, 0.25) is 0 Å². The summed E-state index contributed by atoms with van der Waals surface area (Å²) in [5, 5.41) is 9.81. The van der Waals surface area contributed by atoms with E-state index < -0.39 is 5.97 Å². The molecule has 5 heteroatoms. The Morgan fingerprint density at radius 3 is 2.52 bits per heavy atom. The van der Waals surface area contributed by atoms with E-state index in [0.29, 0.717) is 22.4 Å². The highest BCUT2D eigenvalue weighted by molar-refractivity contribution is 6.34. The van der Waals surface area contributed by atoms with E-state index in [1.54, 1.807) is 6.07 Å². The fourth-order valence-corrected chi connectivity index (χ4v) is 3.63. The van der Waals surface area contributed by atoms with E-state index in [9.17, 15) is 9.90 Å². The molecule has 0 heterocycles. The lowest BCUT2D eigenvalue weighted by molar-refractivity contribution is 0.0697.